The van der Waals surface area contributed by atoms with Gasteiger partial charge in [0.25, 0.3) is 0 Å². The monoisotopic (exact) mass is 268 g/mol. The summed E-state index contributed by atoms with van der Waals surface area (Å²) in [6.07, 6.45) is 4.42. The van der Waals surface area contributed by atoms with Crippen LogP contribution in [0, 0.1) is 11.6 Å². The van der Waals surface area contributed by atoms with E-state index in [1.54, 1.807) is 0 Å². The topological polar surface area (TPSA) is 15.3 Å². The van der Waals surface area contributed by atoms with Gasteiger partial charge in [0, 0.05) is 24.2 Å². The van der Waals surface area contributed by atoms with Crippen LogP contribution in [0.25, 0.3) is 0 Å². The number of nitrogens with one attached hydrogen (secondary N) is 1. The van der Waals surface area contributed by atoms with Gasteiger partial charge in [0.2, 0.25) is 0 Å². The number of nitrogens with zero attached hydrogens (tertiary/aromatic N) is 1. The Morgan fingerprint density at radius 2 is 1.74 bits per heavy atom. The van der Waals surface area contributed by atoms with Crippen LogP contribution in [0.3, 0.4) is 0 Å². The molecular formula is C15H22F2N2. The molecule has 2 nitrogen and oxygen atoms in total. The molecule has 0 saturated heterocycles. The van der Waals surface area contributed by atoms with Crippen molar-refractivity contribution in [3.8, 4) is 0 Å². The van der Waals surface area contributed by atoms with Crippen LogP contribution in [0.15, 0.2) is 18.2 Å². The third kappa shape index (κ3) is 3.51. The molecule has 0 spiro atoms. The van der Waals surface area contributed by atoms with Crippen molar-refractivity contribution >= 4 is 0 Å². The lowest BCUT2D eigenvalue weighted by Gasteiger charge is -2.34. The lowest BCUT2D eigenvalue weighted by molar-refractivity contribution is 0.166. The number of benzene rings is 1. The Balaban J connectivity index is 1.96. The fourth-order valence-corrected chi connectivity index (χ4v) is 2.87. The van der Waals surface area contributed by atoms with Gasteiger partial charge in [0.05, 0.1) is 0 Å². The summed E-state index contributed by atoms with van der Waals surface area (Å²) in [5.41, 5.74) is 0.181. The number of hydrogen-bond acceptors (Lipinski definition) is 2. The molecule has 1 fully saturated rings. The summed E-state index contributed by atoms with van der Waals surface area (Å²) in [5.74, 6) is -0.897. The molecule has 19 heavy (non-hydrogen) atoms. The third-order valence-corrected chi connectivity index (χ3v) is 4.20. The normalized spacial score (nSPS) is 23.8. The van der Waals surface area contributed by atoms with Crippen LogP contribution >= 0.6 is 0 Å². The minimum Gasteiger partial charge on any atom is -0.317 e. The van der Waals surface area contributed by atoms with E-state index in [1.165, 1.54) is 18.2 Å². The molecule has 0 atom stereocenters. The molecule has 1 saturated carbocycles. The molecule has 1 aliphatic rings. The van der Waals surface area contributed by atoms with E-state index in [-0.39, 0.29) is 5.56 Å². The van der Waals surface area contributed by atoms with E-state index in [9.17, 15) is 8.78 Å². The zero-order valence-electron chi connectivity index (χ0n) is 11.6. The highest BCUT2D eigenvalue weighted by Crippen LogP contribution is 2.24. The van der Waals surface area contributed by atoms with Crippen LogP contribution in [0.1, 0.15) is 31.2 Å². The van der Waals surface area contributed by atoms with Crippen molar-refractivity contribution in [1.29, 1.82) is 0 Å². The van der Waals surface area contributed by atoms with E-state index in [4.69, 9.17) is 0 Å². The first kappa shape index (κ1) is 14.4. The minimum atomic E-state index is -0.448. The maximum Gasteiger partial charge on any atom is 0.130 e. The van der Waals surface area contributed by atoms with Crippen LogP contribution < -0.4 is 5.32 Å². The molecule has 4 heteroatoms. The second-order valence-corrected chi connectivity index (χ2v) is 5.41. The van der Waals surface area contributed by atoms with Crippen LogP contribution in [0.4, 0.5) is 8.78 Å². The number of hydrogen-bond donors (Lipinski definition) is 1. The van der Waals surface area contributed by atoms with E-state index in [0.29, 0.717) is 18.6 Å². The molecule has 0 amide bonds. The van der Waals surface area contributed by atoms with Gasteiger partial charge in [-0.2, -0.15) is 0 Å². The molecule has 0 heterocycles. The summed E-state index contributed by atoms with van der Waals surface area (Å²) in [6.45, 7) is 0.341. The summed E-state index contributed by atoms with van der Waals surface area (Å²) in [6, 6.07) is 5.07. The van der Waals surface area contributed by atoms with E-state index >= 15 is 0 Å². The Bertz CT molecular complexity index is 394. The molecule has 0 unspecified atom stereocenters. The van der Waals surface area contributed by atoms with Gasteiger partial charge in [-0.15, -0.1) is 0 Å². The summed E-state index contributed by atoms with van der Waals surface area (Å²) >= 11 is 0. The van der Waals surface area contributed by atoms with E-state index in [0.717, 1.165) is 25.7 Å². The van der Waals surface area contributed by atoms with Gasteiger partial charge in [-0.05, 0) is 51.9 Å². The van der Waals surface area contributed by atoms with Crippen molar-refractivity contribution in [1.82, 2.24) is 10.2 Å². The van der Waals surface area contributed by atoms with E-state index in [2.05, 4.69) is 10.2 Å². The zero-order chi connectivity index (χ0) is 13.8. The predicted octanol–water partition coefficient (Wildman–Crippen LogP) is 2.93. The number of halogens is 2. The predicted molar refractivity (Wildman–Crippen MR) is 72.9 cm³/mol. The van der Waals surface area contributed by atoms with E-state index < -0.39 is 11.6 Å². The third-order valence-electron chi connectivity index (χ3n) is 4.20. The average Bonchev–Trinajstić information content (AvgIpc) is 2.43. The second kappa shape index (κ2) is 6.44. The van der Waals surface area contributed by atoms with E-state index in [1.807, 2.05) is 14.1 Å². The molecule has 0 aliphatic heterocycles. The van der Waals surface area contributed by atoms with Gasteiger partial charge in [0.15, 0.2) is 0 Å². The van der Waals surface area contributed by atoms with Gasteiger partial charge in [-0.3, -0.25) is 4.90 Å². The summed E-state index contributed by atoms with van der Waals surface area (Å²) in [4.78, 5) is 2.08. The Morgan fingerprint density at radius 1 is 1.16 bits per heavy atom. The molecule has 106 valence electrons. The summed E-state index contributed by atoms with van der Waals surface area (Å²) in [5, 5.41) is 3.29. The summed E-state index contributed by atoms with van der Waals surface area (Å²) in [7, 11) is 3.94. The molecule has 0 radical (unpaired) electrons. The minimum absolute atomic E-state index is 0.181. The molecule has 0 aromatic heterocycles. The largest absolute Gasteiger partial charge is 0.317 e. The van der Waals surface area contributed by atoms with Gasteiger partial charge < -0.3 is 5.32 Å². The van der Waals surface area contributed by atoms with Gasteiger partial charge >= 0.3 is 0 Å². The first-order valence-corrected chi connectivity index (χ1v) is 6.92. The van der Waals surface area contributed by atoms with Crippen molar-refractivity contribution < 1.29 is 8.78 Å². The number of rotatable bonds is 4. The van der Waals surface area contributed by atoms with Gasteiger partial charge in [0.1, 0.15) is 11.6 Å². The standard InChI is InChI=1S/C15H22F2N2/c1-18-11-6-8-12(9-7-11)19(2)10-13-14(16)4-3-5-15(13)17/h3-5,11-12,18H,6-10H2,1-2H3. The Kier molecular flexibility index (Phi) is 4.88. The Labute approximate surface area is 113 Å². The van der Waals surface area contributed by atoms with Crippen molar-refractivity contribution in [3.05, 3.63) is 35.4 Å². The molecule has 1 aromatic carbocycles. The summed E-state index contributed by atoms with van der Waals surface area (Å²) < 4.78 is 27.2. The Hall–Kier alpha value is -1.00. The molecule has 1 N–H and O–H groups in total. The second-order valence-electron chi connectivity index (χ2n) is 5.41. The molecule has 1 aliphatic carbocycles. The van der Waals surface area contributed by atoms with Crippen molar-refractivity contribution in [2.75, 3.05) is 14.1 Å². The van der Waals surface area contributed by atoms with Gasteiger partial charge in [-0.25, -0.2) is 8.78 Å². The maximum atomic E-state index is 13.6. The average molecular weight is 268 g/mol. The fraction of sp³-hybridized carbons (Fsp3) is 0.600. The Morgan fingerprint density at radius 3 is 2.26 bits per heavy atom. The first-order chi connectivity index (χ1) is 9.11. The maximum absolute atomic E-state index is 13.6. The lowest BCUT2D eigenvalue weighted by Crippen LogP contribution is -2.39. The smallest absolute Gasteiger partial charge is 0.130 e. The van der Waals surface area contributed by atoms with Crippen molar-refractivity contribution in [2.45, 2.75) is 44.3 Å². The highest BCUT2D eigenvalue weighted by atomic mass is 19.1. The van der Waals surface area contributed by atoms with Crippen LogP contribution in [-0.4, -0.2) is 31.1 Å². The van der Waals surface area contributed by atoms with Crippen molar-refractivity contribution in [3.63, 3.8) is 0 Å². The molecular weight excluding hydrogens is 246 g/mol. The fourth-order valence-electron chi connectivity index (χ4n) is 2.87. The molecule has 2 rings (SSSR count). The SMILES string of the molecule is CNC1CCC(N(C)Cc2c(F)cccc2F)CC1. The van der Waals surface area contributed by atoms with Crippen LogP contribution in [-0.2, 0) is 6.54 Å². The quantitative estimate of drug-likeness (QED) is 0.903. The molecule has 1 aromatic rings. The lowest BCUT2D eigenvalue weighted by atomic mass is 9.90. The van der Waals surface area contributed by atoms with Crippen LogP contribution in [0.2, 0.25) is 0 Å². The highest BCUT2D eigenvalue weighted by Gasteiger charge is 2.24. The zero-order valence-corrected chi connectivity index (χ0v) is 11.6. The first-order valence-electron chi connectivity index (χ1n) is 6.92. The highest BCUT2D eigenvalue weighted by molar-refractivity contribution is 5.19. The van der Waals surface area contributed by atoms with Crippen molar-refractivity contribution in [2.24, 2.45) is 0 Å². The van der Waals surface area contributed by atoms with Crippen LogP contribution in [0.5, 0.6) is 0 Å². The molecule has 0 bridgehead atoms. The van der Waals surface area contributed by atoms with Gasteiger partial charge in [-0.1, -0.05) is 6.07 Å².